The minimum atomic E-state index is -2.72. The molecule has 188 valence electrons. The first-order valence-electron chi connectivity index (χ1n) is 13.4. The average Bonchev–Trinajstić information content (AvgIpc) is 2.77. The van der Waals surface area contributed by atoms with Crippen LogP contribution in [0.25, 0.3) is 0 Å². The second kappa shape index (κ2) is 19.5. The van der Waals surface area contributed by atoms with Crippen molar-refractivity contribution in [3.63, 3.8) is 0 Å². The van der Waals surface area contributed by atoms with Crippen LogP contribution in [0.15, 0.2) is 0 Å². The van der Waals surface area contributed by atoms with Crippen molar-refractivity contribution < 1.29 is 17.4 Å². The predicted molar refractivity (Wildman–Crippen MR) is 137 cm³/mol. The molecule has 0 spiro atoms. The van der Waals surface area contributed by atoms with Crippen LogP contribution in [0, 0.1) is 0 Å². The Labute approximate surface area is 197 Å². The first kappa shape index (κ1) is 31.1. The van der Waals surface area contributed by atoms with Gasteiger partial charge in [0.15, 0.2) is 0 Å². The summed E-state index contributed by atoms with van der Waals surface area (Å²) in [5.41, 5.74) is 0. The van der Waals surface area contributed by atoms with E-state index in [1.807, 2.05) is 0 Å². The highest BCUT2D eigenvalue weighted by Gasteiger charge is 2.62. The Balaban J connectivity index is 3.91. The lowest BCUT2D eigenvalue weighted by Gasteiger charge is -2.45. The predicted octanol–water partition coefficient (Wildman–Crippen LogP) is 7.87. The molecule has 0 radical (unpaired) electrons. The topological polar surface area (TPSA) is 27.7 Å². The second-order valence-electron chi connectivity index (χ2n) is 9.86. The van der Waals surface area contributed by atoms with E-state index in [-0.39, 0.29) is 0 Å². The number of hydrogen-bond donors (Lipinski definition) is 0. The first-order valence-corrected chi connectivity index (χ1v) is 15.1. The Morgan fingerprint density at radius 3 is 1.19 bits per heavy atom. The van der Waals surface area contributed by atoms with Crippen LogP contribution in [0.1, 0.15) is 129 Å². The largest absolute Gasteiger partial charge is 0.783 e. The Morgan fingerprint density at radius 2 is 0.871 bits per heavy atom. The fourth-order valence-electron chi connectivity index (χ4n) is 5.05. The summed E-state index contributed by atoms with van der Waals surface area (Å²) >= 11 is 0. The molecule has 31 heavy (non-hydrogen) atoms. The van der Waals surface area contributed by atoms with E-state index >= 15 is 0 Å². The van der Waals surface area contributed by atoms with E-state index in [4.69, 9.17) is 13.3 Å². The van der Waals surface area contributed by atoms with E-state index in [9.17, 15) is 0 Å². The highest BCUT2D eigenvalue weighted by molar-refractivity contribution is 6.52. The van der Waals surface area contributed by atoms with Gasteiger partial charge >= 0.3 is 8.97 Å². The summed E-state index contributed by atoms with van der Waals surface area (Å²) in [6, 6.07) is 0.526. The molecule has 0 fully saturated rings. The third-order valence-corrected chi connectivity index (χ3v) is 10.5. The van der Waals surface area contributed by atoms with Gasteiger partial charge in [0.25, 0.3) is 0 Å². The highest BCUT2D eigenvalue weighted by atomic mass is 28.4. The molecule has 0 bridgehead atoms. The fraction of sp³-hybridized carbons (Fsp3) is 1.00. The number of quaternary nitrogens is 1. The minimum absolute atomic E-state index is 0.526. The summed E-state index contributed by atoms with van der Waals surface area (Å²) in [5.74, 6) is 0. The molecule has 0 amide bonds. The van der Waals surface area contributed by atoms with E-state index in [1.54, 1.807) is 21.3 Å². The van der Waals surface area contributed by atoms with E-state index in [1.165, 1.54) is 116 Å². The molecule has 0 aromatic carbocycles. The third kappa shape index (κ3) is 12.2. The molecule has 0 saturated heterocycles. The second-order valence-corrected chi connectivity index (χ2v) is 13.3. The van der Waals surface area contributed by atoms with Crippen molar-refractivity contribution in [2.45, 2.75) is 135 Å². The van der Waals surface area contributed by atoms with E-state index in [2.05, 4.69) is 27.9 Å². The lowest BCUT2D eigenvalue weighted by Crippen LogP contribution is -2.72. The molecule has 5 heteroatoms. The van der Waals surface area contributed by atoms with Gasteiger partial charge in [0.2, 0.25) is 0 Å². The lowest BCUT2D eigenvalue weighted by atomic mass is 10.0. The molecule has 0 saturated carbocycles. The quantitative estimate of drug-likeness (QED) is 0.115. The molecule has 0 aliphatic carbocycles. The highest BCUT2D eigenvalue weighted by Crippen LogP contribution is 2.28. The molecule has 0 aromatic rings. The van der Waals surface area contributed by atoms with Gasteiger partial charge in [0.1, 0.15) is 0 Å². The zero-order valence-corrected chi connectivity index (χ0v) is 23.5. The summed E-state index contributed by atoms with van der Waals surface area (Å²) in [5, 5.41) is 0. The van der Waals surface area contributed by atoms with Crippen LogP contribution in [-0.4, -0.2) is 54.6 Å². The summed E-state index contributed by atoms with van der Waals surface area (Å²) in [4.78, 5) is 0. The van der Waals surface area contributed by atoms with Gasteiger partial charge in [-0.25, -0.2) is 0 Å². The molecule has 0 heterocycles. The standard InChI is InChI=1S/C26H58NO3Si/c1-8-10-11-12-13-14-15-16-17-18-19-20-21-22-23-25-26(24-9-2)27(3,4)31(28-5,29-6)30-7/h26H,8-25H2,1-7H3/q+1. The normalized spacial score (nSPS) is 13.6. The van der Waals surface area contributed by atoms with Crippen molar-refractivity contribution in [3.8, 4) is 0 Å². The maximum atomic E-state index is 5.82. The van der Waals surface area contributed by atoms with Gasteiger partial charge in [-0.15, -0.1) is 0 Å². The monoisotopic (exact) mass is 460 g/mol. The Kier molecular flexibility index (Phi) is 19.6. The third-order valence-electron chi connectivity index (χ3n) is 7.16. The van der Waals surface area contributed by atoms with Crippen molar-refractivity contribution in [3.05, 3.63) is 0 Å². The molecule has 4 nitrogen and oxygen atoms in total. The fourth-order valence-corrected chi connectivity index (χ4v) is 7.67. The minimum Gasteiger partial charge on any atom is -0.328 e. The molecule has 0 aliphatic heterocycles. The van der Waals surface area contributed by atoms with Crippen LogP contribution in [0.5, 0.6) is 0 Å². The smallest absolute Gasteiger partial charge is 0.328 e. The zero-order chi connectivity index (χ0) is 23.4. The van der Waals surface area contributed by atoms with Gasteiger partial charge in [0.05, 0.1) is 20.1 Å². The molecular formula is C26H58NO3Si+. The average molecular weight is 461 g/mol. The van der Waals surface area contributed by atoms with E-state index in [0.29, 0.717) is 10.2 Å². The molecule has 1 atom stereocenters. The summed E-state index contributed by atoms with van der Waals surface area (Å²) in [6.07, 6.45) is 24.8. The van der Waals surface area contributed by atoms with E-state index < -0.39 is 8.97 Å². The van der Waals surface area contributed by atoms with Crippen molar-refractivity contribution in [1.82, 2.24) is 0 Å². The van der Waals surface area contributed by atoms with Gasteiger partial charge in [0, 0.05) is 21.3 Å². The maximum absolute atomic E-state index is 5.82. The zero-order valence-electron chi connectivity index (χ0n) is 22.5. The maximum Gasteiger partial charge on any atom is 0.783 e. The number of nitrogens with zero attached hydrogens (tertiary/aromatic N) is 1. The number of hydrogen-bond acceptors (Lipinski definition) is 3. The van der Waals surface area contributed by atoms with Gasteiger partial charge in [-0.05, 0) is 19.3 Å². The van der Waals surface area contributed by atoms with E-state index in [0.717, 1.165) is 0 Å². The molecule has 0 rings (SSSR count). The van der Waals surface area contributed by atoms with Crippen LogP contribution >= 0.6 is 0 Å². The van der Waals surface area contributed by atoms with Crippen LogP contribution in [0.4, 0.5) is 0 Å². The Hall–Kier alpha value is 0.0569. The summed E-state index contributed by atoms with van der Waals surface area (Å²) in [7, 11) is 6.94. The summed E-state index contributed by atoms with van der Waals surface area (Å²) < 4.78 is 18.2. The summed E-state index contributed by atoms with van der Waals surface area (Å²) in [6.45, 7) is 4.57. The Morgan fingerprint density at radius 1 is 0.516 bits per heavy atom. The van der Waals surface area contributed by atoms with Crippen LogP contribution < -0.4 is 0 Å². The lowest BCUT2D eigenvalue weighted by molar-refractivity contribution is -0.846. The van der Waals surface area contributed by atoms with Crippen molar-refractivity contribution in [2.24, 2.45) is 0 Å². The molecule has 0 N–H and O–H groups in total. The SMILES string of the molecule is CCCCCCCCCCCCCCCCCC(CCC)[N+](C)(C)[Si](OC)(OC)OC. The van der Waals surface area contributed by atoms with Crippen LogP contribution in [-0.2, 0) is 13.3 Å². The van der Waals surface area contributed by atoms with Crippen molar-refractivity contribution >= 4 is 8.97 Å². The van der Waals surface area contributed by atoms with Gasteiger partial charge in [-0.2, -0.15) is 0 Å². The number of rotatable bonds is 23. The van der Waals surface area contributed by atoms with Gasteiger partial charge in [-0.3, -0.25) is 0 Å². The van der Waals surface area contributed by atoms with Crippen molar-refractivity contribution in [2.75, 3.05) is 35.4 Å². The van der Waals surface area contributed by atoms with Crippen LogP contribution in [0.3, 0.4) is 0 Å². The van der Waals surface area contributed by atoms with Gasteiger partial charge < -0.3 is 17.4 Å². The molecule has 1 unspecified atom stereocenters. The van der Waals surface area contributed by atoms with Crippen molar-refractivity contribution in [1.29, 1.82) is 0 Å². The molecule has 0 aliphatic rings. The number of unbranched alkanes of at least 4 members (excludes halogenated alkanes) is 14. The Bertz CT molecular complexity index is 381. The molecular weight excluding hydrogens is 402 g/mol. The molecule has 0 aromatic heterocycles. The first-order chi connectivity index (χ1) is 15.0. The van der Waals surface area contributed by atoms with Crippen LogP contribution in [0.2, 0.25) is 0 Å². The van der Waals surface area contributed by atoms with Gasteiger partial charge in [-0.1, -0.05) is 110 Å².